The number of piperazine rings is 1. The number of carbonyl (C=O) groups excluding carboxylic acids is 1. The Balaban J connectivity index is 1.53. The maximum Gasteiger partial charge on any atom is 0.453 e. The van der Waals surface area contributed by atoms with Gasteiger partial charge in [0.2, 0.25) is 5.91 Å². The summed E-state index contributed by atoms with van der Waals surface area (Å²) >= 11 is 0. The molecular formula is C14H15F3N6O. The van der Waals surface area contributed by atoms with Crippen molar-refractivity contribution in [1.29, 1.82) is 0 Å². The van der Waals surface area contributed by atoms with Crippen LogP contribution < -0.4 is 4.90 Å². The predicted octanol–water partition coefficient (Wildman–Crippen LogP) is 1.20. The van der Waals surface area contributed by atoms with Crippen LogP contribution in [-0.2, 0) is 11.0 Å². The van der Waals surface area contributed by atoms with E-state index in [9.17, 15) is 18.0 Å². The Morgan fingerprint density at radius 3 is 2.42 bits per heavy atom. The largest absolute Gasteiger partial charge is 0.453 e. The number of halogens is 3. The lowest BCUT2D eigenvalue weighted by Crippen LogP contribution is -2.49. The molecule has 1 aliphatic carbocycles. The van der Waals surface area contributed by atoms with Crippen LogP contribution in [0.5, 0.6) is 0 Å². The first-order chi connectivity index (χ1) is 11.4. The molecule has 0 N–H and O–H groups in total. The van der Waals surface area contributed by atoms with Gasteiger partial charge in [-0.15, -0.1) is 15.3 Å². The number of amides is 1. The van der Waals surface area contributed by atoms with E-state index in [1.807, 2.05) is 9.80 Å². The highest BCUT2D eigenvalue weighted by atomic mass is 19.4. The summed E-state index contributed by atoms with van der Waals surface area (Å²) in [6.07, 6.45) is -2.68. The molecule has 128 valence electrons. The molecule has 1 saturated carbocycles. The molecule has 24 heavy (non-hydrogen) atoms. The molecule has 4 rings (SSSR count). The molecule has 1 amide bonds. The van der Waals surface area contributed by atoms with Crippen molar-refractivity contribution >= 4 is 17.4 Å². The molecule has 3 heterocycles. The molecule has 0 atom stereocenters. The Kier molecular flexibility index (Phi) is 3.36. The van der Waals surface area contributed by atoms with Gasteiger partial charge in [-0.3, -0.25) is 4.79 Å². The lowest BCUT2D eigenvalue weighted by molar-refractivity contribution is -0.146. The number of carbonyl (C=O) groups is 1. The monoisotopic (exact) mass is 340 g/mol. The summed E-state index contributed by atoms with van der Waals surface area (Å²) in [5.74, 6) is -0.346. The number of hydrogen-bond acceptors (Lipinski definition) is 5. The minimum Gasteiger partial charge on any atom is -0.352 e. The molecule has 0 bridgehead atoms. The quantitative estimate of drug-likeness (QED) is 0.822. The normalized spacial score (nSPS) is 19.1. The van der Waals surface area contributed by atoms with Gasteiger partial charge >= 0.3 is 6.18 Å². The first-order valence-electron chi connectivity index (χ1n) is 7.77. The predicted molar refractivity (Wildman–Crippen MR) is 77.3 cm³/mol. The zero-order valence-corrected chi connectivity index (χ0v) is 12.7. The van der Waals surface area contributed by atoms with E-state index in [0.717, 1.165) is 17.4 Å². The van der Waals surface area contributed by atoms with E-state index in [4.69, 9.17) is 0 Å². The Morgan fingerprint density at radius 2 is 1.79 bits per heavy atom. The number of fused-ring (bicyclic) bond motifs is 1. The van der Waals surface area contributed by atoms with Crippen LogP contribution in [0.2, 0.25) is 0 Å². The van der Waals surface area contributed by atoms with Gasteiger partial charge in [0, 0.05) is 32.1 Å². The van der Waals surface area contributed by atoms with E-state index in [1.165, 1.54) is 6.07 Å². The van der Waals surface area contributed by atoms with Gasteiger partial charge in [-0.1, -0.05) is 0 Å². The van der Waals surface area contributed by atoms with Crippen molar-refractivity contribution in [2.24, 2.45) is 5.92 Å². The van der Waals surface area contributed by atoms with Crippen molar-refractivity contribution in [3.63, 3.8) is 0 Å². The zero-order valence-electron chi connectivity index (χ0n) is 12.7. The van der Waals surface area contributed by atoms with Gasteiger partial charge in [0.15, 0.2) is 5.65 Å². The van der Waals surface area contributed by atoms with Gasteiger partial charge in [-0.2, -0.15) is 17.7 Å². The van der Waals surface area contributed by atoms with Crippen molar-refractivity contribution in [2.45, 2.75) is 19.0 Å². The highest BCUT2D eigenvalue weighted by Gasteiger charge is 2.38. The molecule has 7 nitrogen and oxygen atoms in total. The molecule has 2 fully saturated rings. The highest BCUT2D eigenvalue weighted by Crippen LogP contribution is 2.31. The van der Waals surface area contributed by atoms with E-state index < -0.39 is 12.0 Å². The summed E-state index contributed by atoms with van der Waals surface area (Å²) in [5.41, 5.74) is 0.0497. The second kappa shape index (κ2) is 5.32. The SMILES string of the molecule is O=C(C1CC1)N1CCN(c2ccc3nnc(C(F)(F)F)n3n2)CC1. The fraction of sp³-hybridized carbons (Fsp3) is 0.571. The number of anilines is 1. The van der Waals surface area contributed by atoms with E-state index in [2.05, 4.69) is 15.3 Å². The second-order valence-electron chi connectivity index (χ2n) is 6.07. The molecule has 2 aromatic rings. The van der Waals surface area contributed by atoms with Crippen LogP contribution in [0.4, 0.5) is 19.0 Å². The Labute approximate surface area is 135 Å². The zero-order chi connectivity index (χ0) is 16.9. The third-order valence-electron chi connectivity index (χ3n) is 4.34. The van der Waals surface area contributed by atoms with E-state index >= 15 is 0 Å². The molecule has 2 aliphatic rings. The van der Waals surface area contributed by atoms with E-state index in [-0.39, 0.29) is 17.5 Å². The number of alkyl halides is 3. The van der Waals surface area contributed by atoms with Crippen molar-refractivity contribution in [1.82, 2.24) is 24.7 Å². The molecule has 2 aromatic heterocycles. The van der Waals surface area contributed by atoms with Gasteiger partial charge < -0.3 is 9.80 Å². The topological polar surface area (TPSA) is 66.6 Å². The third kappa shape index (κ3) is 2.65. The average molecular weight is 340 g/mol. The van der Waals surface area contributed by atoms with Gasteiger partial charge in [0.05, 0.1) is 0 Å². The number of nitrogens with zero attached hydrogens (tertiary/aromatic N) is 6. The molecule has 10 heteroatoms. The molecule has 0 aromatic carbocycles. The van der Waals surface area contributed by atoms with Gasteiger partial charge in [0.1, 0.15) is 5.82 Å². The highest BCUT2D eigenvalue weighted by molar-refractivity contribution is 5.81. The minimum atomic E-state index is -4.61. The van der Waals surface area contributed by atoms with Crippen LogP contribution in [0, 0.1) is 5.92 Å². The van der Waals surface area contributed by atoms with Crippen molar-refractivity contribution in [3.05, 3.63) is 18.0 Å². The maximum absolute atomic E-state index is 12.9. The number of rotatable bonds is 2. The Bertz CT molecular complexity index is 776. The van der Waals surface area contributed by atoms with Crippen LogP contribution in [-0.4, -0.2) is 56.8 Å². The standard InChI is InChI=1S/C14H15F3N6O/c15-14(16,17)13-19-18-10-3-4-11(20-23(10)13)21-5-7-22(8-6-21)12(24)9-1-2-9/h3-4,9H,1-2,5-8H2. The summed E-state index contributed by atoms with van der Waals surface area (Å²) in [5, 5.41) is 10.7. The Hall–Kier alpha value is -2.39. The number of hydrogen-bond donors (Lipinski definition) is 0. The summed E-state index contributed by atoms with van der Waals surface area (Å²) < 4.78 is 39.5. The first kappa shape index (κ1) is 15.2. The molecule has 0 unspecified atom stereocenters. The van der Waals surface area contributed by atoms with Crippen LogP contribution >= 0.6 is 0 Å². The summed E-state index contributed by atoms with van der Waals surface area (Å²) in [4.78, 5) is 15.7. The molecule has 1 saturated heterocycles. The third-order valence-corrected chi connectivity index (χ3v) is 4.34. The van der Waals surface area contributed by atoms with Crippen molar-refractivity contribution in [3.8, 4) is 0 Å². The Morgan fingerprint density at radius 1 is 1.08 bits per heavy atom. The van der Waals surface area contributed by atoms with Crippen LogP contribution in [0.25, 0.3) is 5.65 Å². The lowest BCUT2D eigenvalue weighted by Gasteiger charge is -2.35. The van der Waals surface area contributed by atoms with E-state index in [1.54, 1.807) is 6.07 Å². The van der Waals surface area contributed by atoms with Crippen molar-refractivity contribution < 1.29 is 18.0 Å². The van der Waals surface area contributed by atoms with Gasteiger partial charge in [-0.25, -0.2) is 0 Å². The van der Waals surface area contributed by atoms with Gasteiger partial charge in [-0.05, 0) is 25.0 Å². The first-order valence-corrected chi connectivity index (χ1v) is 7.77. The second-order valence-corrected chi connectivity index (χ2v) is 6.07. The van der Waals surface area contributed by atoms with Crippen molar-refractivity contribution in [2.75, 3.05) is 31.1 Å². The van der Waals surface area contributed by atoms with Crippen LogP contribution in [0.3, 0.4) is 0 Å². The molecule has 0 radical (unpaired) electrons. The lowest BCUT2D eigenvalue weighted by atomic mass is 10.2. The van der Waals surface area contributed by atoms with Crippen LogP contribution in [0.1, 0.15) is 18.7 Å². The number of aromatic nitrogens is 4. The van der Waals surface area contributed by atoms with E-state index in [0.29, 0.717) is 32.0 Å². The smallest absolute Gasteiger partial charge is 0.352 e. The van der Waals surface area contributed by atoms with Crippen LogP contribution in [0.15, 0.2) is 12.1 Å². The summed E-state index contributed by atoms with van der Waals surface area (Å²) in [6.45, 7) is 2.20. The molecule has 0 spiro atoms. The summed E-state index contributed by atoms with van der Waals surface area (Å²) in [6, 6.07) is 3.09. The molecule has 1 aliphatic heterocycles. The fourth-order valence-electron chi connectivity index (χ4n) is 2.87. The summed E-state index contributed by atoms with van der Waals surface area (Å²) in [7, 11) is 0. The molecular weight excluding hydrogens is 325 g/mol. The van der Waals surface area contributed by atoms with Gasteiger partial charge in [0.25, 0.3) is 5.82 Å². The maximum atomic E-state index is 12.9. The average Bonchev–Trinajstić information content (AvgIpc) is 3.31. The minimum absolute atomic E-state index is 0.0497. The fourth-order valence-corrected chi connectivity index (χ4v) is 2.87.